The zero-order valence-corrected chi connectivity index (χ0v) is 13.4. The van der Waals surface area contributed by atoms with Crippen LogP contribution in [0.4, 0.5) is 11.5 Å². The van der Waals surface area contributed by atoms with Crippen LogP contribution in [0.15, 0.2) is 36.7 Å². The van der Waals surface area contributed by atoms with Crippen LogP contribution in [-0.2, 0) is 0 Å². The molecule has 0 amide bonds. The van der Waals surface area contributed by atoms with Gasteiger partial charge < -0.3 is 20.2 Å². The Bertz CT molecular complexity index is 623. The summed E-state index contributed by atoms with van der Waals surface area (Å²) in [6, 6.07) is 10.4. The monoisotopic (exact) mass is 313 g/mol. The maximum absolute atomic E-state index is 8.87. The van der Waals surface area contributed by atoms with E-state index in [4.69, 9.17) is 5.11 Å². The van der Waals surface area contributed by atoms with Crippen molar-refractivity contribution in [2.45, 2.75) is 0 Å². The molecule has 1 aromatic heterocycles. The van der Waals surface area contributed by atoms with E-state index < -0.39 is 0 Å². The number of hydrogen-bond acceptors (Lipinski definition) is 6. The predicted molar refractivity (Wildman–Crippen MR) is 92.8 cm³/mol. The second-order valence-corrected chi connectivity index (χ2v) is 5.78. The molecule has 2 N–H and O–H groups in total. The van der Waals surface area contributed by atoms with Crippen molar-refractivity contribution in [2.75, 3.05) is 56.6 Å². The number of likely N-dealkylation sites (N-methyl/N-ethyl adjacent to an activating group) is 1. The average Bonchev–Trinajstić information content (AvgIpc) is 2.61. The summed E-state index contributed by atoms with van der Waals surface area (Å²) in [6.45, 7) is 4.91. The van der Waals surface area contributed by atoms with Crippen molar-refractivity contribution >= 4 is 11.5 Å². The number of hydrogen-bond donors (Lipinski definition) is 2. The quantitative estimate of drug-likeness (QED) is 0.867. The minimum atomic E-state index is 0.0824. The van der Waals surface area contributed by atoms with Gasteiger partial charge in [0.05, 0.1) is 12.3 Å². The molecule has 0 aliphatic carbocycles. The molecule has 0 bridgehead atoms. The van der Waals surface area contributed by atoms with E-state index in [9.17, 15) is 0 Å². The van der Waals surface area contributed by atoms with E-state index >= 15 is 0 Å². The Morgan fingerprint density at radius 1 is 1.09 bits per heavy atom. The van der Waals surface area contributed by atoms with Crippen LogP contribution in [0.2, 0.25) is 0 Å². The predicted octanol–water partition coefficient (Wildman–Crippen LogP) is 1.30. The molecule has 1 fully saturated rings. The Labute approximate surface area is 136 Å². The highest BCUT2D eigenvalue weighted by Crippen LogP contribution is 2.23. The molecule has 1 saturated heterocycles. The molecular formula is C17H23N5O. The van der Waals surface area contributed by atoms with Crippen molar-refractivity contribution in [3.05, 3.63) is 36.7 Å². The van der Waals surface area contributed by atoms with Crippen LogP contribution >= 0.6 is 0 Å². The summed E-state index contributed by atoms with van der Waals surface area (Å²) in [4.78, 5) is 13.3. The van der Waals surface area contributed by atoms with Crippen molar-refractivity contribution in [2.24, 2.45) is 0 Å². The Balaban J connectivity index is 1.72. The molecule has 6 nitrogen and oxygen atoms in total. The fourth-order valence-corrected chi connectivity index (χ4v) is 2.70. The molecule has 122 valence electrons. The lowest BCUT2D eigenvalue weighted by Gasteiger charge is -2.34. The lowest BCUT2D eigenvalue weighted by atomic mass is 10.1. The first-order valence-electron chi connectivity index (χ1n) is 7.97. The summed E-state index contributed by atoms with van der Waals surface area (Å²) in [5.41, 5.74) is 3.21. The van der Waals surface area contributed by atoms with E-state index in [1.165, 1.54) is 5.69 Å². The molecule has 0 atom stereocenters. The van der Waals surface area contributed by atoms with Crippen LogP contribution in [0.1, 0.15) is 0 Å². The van der Waals surface area contributed by atoms with Gasteiger partial charge in [-0.1, -0.05) is 12.1 Å². The lowest BCUT2D eigenvalue weighted by Crippen LogP contribution is -2.44. The minimum absolute atomic E-state index is 0.0824. The van der Waals surface area contributed by atoms with Gasteiger partial charge in [0.2, 0.25) is 0 Å². The summed E-state index contributed by atoms with van der Waals surface area (Å²) >= 11 is 0. The standard InChI is InChI=1S/C17H23N5O/c1-21-7-9-22(10-8-21)15-4-2-14(3-5-15)16-12-17(18-6-11-23)20-13-19-16/h2-5,12-13,23H,6-11H2,1H3,(H,18,19,20). The number of aliphatic hydroxyl groups is 1. The van der Waals surface area contributed by atoms with Crippen molar-refractivity contribution in [3.8, 4) is 11.3 Å². The molecule has 0 unspecified atom stereocenters. The van der Waals surface area contributed by atoms with Crippen LogP contribution in [-0.4, -0.2) is 66.4 Å². The van der Waals surface area contributed by atoms with Crippen LogP contribution < -0.4 is 10.2 Å². The zero-order valence-electron chi connectivity index (χ0n) is 13.4. The second-order valence-electron chi connectivity index (χ2n) is 5.78. The molecule has 1 aliphatic heterocycles. The van der Waals surface area contributed by atoms with Gasteiger partial charge in [0.1, 0.15) is 12.1 Å². The minimum Gasteiger partial charge on any atom is -0.395 e. The summed E-state index contributed by atoms with van der Waals surface area (Å²) in [5, 5.41) is 11.9. The van der Waals surface area contributed by atoms with E-state index in [-0.39, 0.29) is 6.61 Å². The lowest BCUT2D eigenvalue weighted by molar-refractivity contribution is 0.311. The number of rotatable bonds is 5. The first-order chi connectivity index (χ1) is 11.3. The highest BCUT2D eigenvalue weighted by atomic mass is 16.3. The normalized spacial score (nSPS) is 15.7. The number of benzene rings is 1. The topological polar surface area (TPSA) is 64.5 Å². The molecule has 23 heavy (non-hydrogen) atoms. The Morgan fingerprint density at radius 3 is 2.52 bits per heavy atom. The first-order valence-corrected chi connectivity index (χ1v) is 7.97. The average molecular weight is 313 g/mol. The van der Waals surface area contributed by atoms with Gasteiger partial charge in [0, 0.05) is 50.0 Å². The third-order valence-corrected chi connectivity index (χ3v) is 4.12. The van der Waals surface area contributed by atoms with Crippen molar-refractivity contribution in [3.63, 3.8) is 0 Å². The summed E-state index contributed by atoms with van der Waals surface area (Å²) in [6.07, 6.45) is 1.55. The SMILES string of the molecule is CN1CCN(c2ccc(-c3cc(NCCO)ncn3)cc2)CC1. The highest BCUT2D eigenvalue weighted by molar-refractivity contribution is 5.65. The van der Waals surface area contributed by atoms with Gasteiger partial charge in [0.15, 0.2) is 0 Å². The van der Waals surface area contributed by atoms with E-state index in [1.807, 2.05) is 6.07 Å². The largest absolute Gasteiger partial charge is 0.395 e. The van der Waals surface area contributed by atoms with Gasteiger partial charge >= 0.3 is 0 Å². The van der Waals surface area contributed by atoms with E-state index in [1.54, 1.807) is 6.33 Å². The second kappa shape index (κ2) is 7.39. The van der Waals surface area contributed by atoms with E-state index in [2.05, 4.69) is 56.4 Å². The molecule has 0 radical (unpaired) electrons. The first kappa shape index (κ1) is 15.7. The summed E-state index contributed by atoms with van der Waals surface area (Å²) in [7, 11) is 2.16. The zero-order chi connectivity index (χ0) is 16.1. The molecule has 6 heteroatoms. The van der Waals surface area contributed by atoms with Gasteiger partial charge in [-0.15, -0.1) is 0 Å². The molecule has 0 spiro atoms. The van der Waals surface area contributed by atoms with Gasteiger partial charge in [-0.25, -0.2) is 9.97 Å². The highest BCUT2D eigenvalue weighted by Gasteiger charge is 2.14. The molecular weight excluding hydrogens is 290 g/mol. The molecule has 2 heterocycles. The number of anilines is 2. The Kier molecular flexibility index (Phi) is 5.05. The van der Waals surface area contributed by atoms with E-state index in [0.717, 1.165) is 43.3 Å². The van der Waals surface area contributed by atoms with Crippen LogP contribution in [0, 0.1) is 0 Å². The van der Waals surface area contributed by atoms with Gasteiger partial charge in [-0.05, 0) is 19.2 Å². The molecule has 3 rings (SSSR count). The third-order valence-electron chi connectivity index (χ3n) is 4.12. The molecule has 2 aromatic rings. The van der Waals surface area contributed by atoms with Crippen LogP contribution in [0.3, 0.4) is 0 Å². The number of piperazine rings is 1. The van der Waals surface area contributed by atoms with Crippen molar-refractivity contribution in [1.82, 2.24) is 14.9 Å². The number of nitrogens with zero attached hydrogens (tertiary/aromatic N) is 4. The Hall–Kier alpha value is -2.18. The smallest absolute Gasteiger partial charge is 0.130 e. The third kappa shape index (κ3) is 3.97. The van der Waals surface area contributed by atoms with E-state index in [0.29, 0.717) is 6.54 Å². The molecule has 1 aromatic carbocycles. The number of nitrogens with one attached hydrogen (secondary N) is 1. The maximum atomic E-state index is 8.87. The fraction of sp³-hybridized carbons (Fsp3) is 0.412. The molecule has 0 saturated carbocycles. The molecule has 1 aliphatic rings. The van der Waals surface area contributed by atoms with Crippen molar-refractivity contribution in [1.29, 1.82) is 0 Å². The van der Waals surface area contributed by atoms with Crippen LogP contribution in [0.5, 0.6) is 0 Å². The number of aromatic nitrogens is 2. The van der Waals surface area contributed by atoms with Gasteiger partial charge in [0.25, 0.3) is 0 Å². The summed E-state index contributed by atoms with van der Waals surface area (Å²) in [5.74, 6) is 0.729. The Morgan fingerprint density at radius 2 is 1.83 bits per heavy atom. The fourth-order valence-electron chi connectivity index (χ4n) is 2.70. The number of aliphatic hydroxyl groups excluding tert-OH is 1. The van der Waals surface area contributed by atoms with Crippen LogP contribution in [0.25, 0.3) is 11.3 Å². The summed E-state index contributed by atoms with van der Waals surface area (Å²) < 4.78 is 0. The van der Waals surface area contributed by atoms with Gasteiger partial charge in [-0.2, -0.15) is 0 Å². The maximum Gasteiger partial charge on any atom is 0.130 e. The van der Waals surface area contributed by atoms with Crippen molar-refractivity contribution < 1.29 is 5.11 Å². The van der Waals surface area contributed by atoms with Gasteiger partial charge in [-0.3, -0.25) is 0 Å².